The van der Waals surface area contributed by atoms with Crippen LogP contribution in [-0.2, 0) is 11.8 Å². The maximum absolute atomic E-state index is 12.7. The summed E-state index contributed by atoms with van der Waals surface area (Å²) in [7, 11) is 1.96. The van der Waals surface area contributed by atoms with Gasteiger partial charge in [0.1, 0.15) is 0 Å². The van der Waals surface area contributed by atoms with Crippen LogP contribution in [0.4, 0.5) is 5.13 Å². The first-order valence-corrected chi connectivity index (χ1v) is 10.3. The van der Waals surface area contributed by atoms with Gasteiger partial charge in [0.2, 0.25) is 5.13 Å². The highest BCUT2D eigenvalue weighted by atomic mass is 32.2. The molecule has 1 fully saturated rings. The number of aromatic nitrogens is 2. The zero-order valence-corrected chi connectivity index (χ0v) is 16.6. The van der Waals surface area contributed by atoms with Crippen LogP contribution in [0.1, 0.15) is 12.6 Å². The van der Waals surface area contributed by atoms with Gasteiger partial charge in [0.05, 0.1) is 10.6 Å². The standard InChI is InChI=1S/C20H18N4OS2/c1-3-24-18(25)17(12-15-10-7-11-23(15)2)27-20(24)22-19-21-16(13-26-19)14-8-5-4-6-9-14/h4-13H,3H2,1-2H3/b17-12+,22-20+. The van der Waals surface area contributed by atoms with Gasteiger partial charge in [0, 0.05) is 36.4 Å². The van der Waals surface area contributed by atoms with Crippen molar-refractivity contribution in [3.05, 3.63) is 64.6 Å². The molecule has 0 unspecified atom stereocenters. The SMILES string of the molecule is CCN1C(=O)/C(=C\c2cccn2C)S/C1=N/c1nc(-c2ccccc2)cs1. The Kier molecular flexibility index (Phi) is 4.96. The molecule has 1 saturated heterocycles. The second-order valence-corrected chi connectivity index (χ2v) is 7.83. The lowest BCUT2D eigenvalue weighted by Crippen LogP contribution is -2.28. The van der Waals surface area contributed by atoms with Gasteiger partial charge in [-0.1, -0.05) is 30.3 Å². The summed E-state index contributed by atoms with van der Waals surface area (Å²) in [5, 5.41) is 3.33. The number of carbonyl (C=O) groups is 1. The van der Waals surface area contributed by atoms with Crippen LogP contribution in [0.25, 0.3) is 17.3 Å². The van der Waals surface area contributed by atoms with Gasteiger partial charge in [-0.15, -0.1) is 11.3 Å². The minimum absolute atomic E-state index is 0.0118. The Morgan fingerprint density at radius 1 is 1.19 bits per heavy atom. The van der Waals surface area contributed by atoms with E-state index in [1.165, 1.54) is 23.1 Å². The van der Waals surface area contributed by atoms with E-state index in [2.05, 4.69) is 9.98 Å². The number of carbonyl (C=O) groups excluding carboxylic acids is 1. The number of amidine groups is 1. The Bertz CT molecular complexity index is 1030. The highest BCUT2D eigenvalue weighted by Crippen LogP contribution is 2.35. The quantitative estimate of drug-likeness (QED) is 0.599. The topological polar surface area (TPSA) is 50.5 Å². The predicted octanol–water partition coefficient (Wildman–Crippen LogP) is 4.77. The first-order chi connectivity index (χ1) is 13.2. The predicted molar refractivity (Wildman–Crippen MR) is 113 cm³/mol. The van der Waals surface area contributed by atoms with E-state index in [1.54, 1.807) is 4.90 Å². The van der Waals surface area contributed by atoms with E-state index >= 15 is 0 Å². The summed E-state index contributed by atoms with van der Waals surface area (Å²) in [6.45, 7) is 2.53. The van der Waals surface area contributed by atoms with Crippen LogP contribution >= 0.6 is 23.1 Å². The van der Waals surface area contributed by atoms with Gasteiger partial charge in [0.15, 0.2) is 5.17 Å². The van der Waals surface area contributed by atoms with E-state index in [-0.39, 0.29) is 5.91 Å². The Morgan fingerprint density at radius 2 is 2.00 bits per heavy atom. The average molecular weight is 395 g/mol. The maximum Gasteiger partial charge on any atom is 0.266 e. The highest BCUT2D eigenvalue weighted by molar-refractivity contribution is 8.18. The molecule has 0 radical (unpaired) electrons. The van der Waals surface area contributed by atoms with E-state index in [4.69, 9.17) is 0 Å². The largest absolute Gasteiger partial charge is 0.351 e. The van der Waals surface area contributed by atoms with Gasteiger partial charge in [-0.05, 0) is 36.9 Å². The van der Waals surface area contributed by atoms with Crippen molar-refractivity contribution in [2.24, 2.45) is 12.0 Å². The Balaban J connectivity index is 1.63. The van der Waals surface area contributed by atoms with Gasteiger partial charge >= 0.3 is 0 Å². The zero-order chi connectivity index (χ0) is 18.8. The van der Waals surface area contributed by atoms with Crippen molar-refractivity contribution >= 4 is 45.4 Å². The summed E-state index contributed by atoms with van der Waals surface area (Å²) < 4.78 is 1.99. The molecule has 3 aromatic rings. The van der Waals surface area contributed by atoms with Crippen LogP contribution in [0.15, 0.2) is 63.9 Å². The first-order valence-electron chi connectivity index (χ1n) is 8.58. The Morgan fingerprint density at radius 3 is 2.70 bits per heavy atom. The minimum Gasteiger partial charge on any atom is -0.351 e. The van der Waals surface area contributed by atoms with Crippen LogP contribution in [0.5, 0.6) is 0 Å². The fraction of sp³-hybridized carbons (Fsp3) is 0.150. The second kappa shape index (κ2) is 7.54. The van der Waals surface area contributed by atoms with Gasteiger partial charge in [-0.2, -0.15) is 4.99 Å². The number of amides is 1. The van der Waals surface area contributed by atoms with Crippen molar-refractivity contribution in [1.29, 1.82) is 0 Å². The molecule has 27 heavy (non-hydrogen) atoms. The van der Waals surface area contributed by atoms with Crippen LogP contribution in [0.3, 0.4) is 0 Å². The summed E-state index contributed by atoms with van der Waals surface area (Å²) in [5.41, 5.74) is 2.95. The van der Waals surface area contributed by atoms with E-state index < -0.39 is 0 Å². The third-order valence-electron chi connectivity index (χ3n) is 4.22. The van der Waals surface area contributed by atoms with E-state index in [9.17, 15) is 4.79 Å². The van der Waals surface area contributed by atoms with E-state index in [1.807, 2.05) is 78.7 Å². The first kappa shape index (κ1) is 17.8. The average Bonchev–Trinajstić information content (AvgIpc) is 3.38. The Labute approximate surface area is 166 Å². The van der Waals surface area contributed by atoms with Gasteiger partial charge in [-0.3, -0.25) is 9.69 Å². The second-order valence-electron chi connectivity index (χ2n) is 5.98. The van der Waals surface area contributed by atoms with Crippen LogP contribution in [0, 0.1) is 0 Å². The number of hydrogen-bond acceptors (Lipinski definition) is 5. The van der Waals surface area contributed by atoms with Crippen molar-refractivity contribution in [3.63, 3.8) is 0 Å². The number of rotatable bonds is 4. The molecule has 136 valence electrons. The van der Waals surface area contributed by atoms with Crippen molar-refractivity contribution < 1.29 is 4.79 Å². The highest BCUT2D eigenvalue weighted by Gasteiger charge is 2.32. The number of aliphatic imine (C=N–C) groups is 1. The zero-order valence-electron chi connectivity index (χ0n) is 15.0. The number of thiazole rings is 1. The molecule has 2 aromatic heterocycles. The molecule has 0 N–H and O–H groups in total. The van der Waals surface area contributed by atoms with E-state index in [0.29, 0.717) is 21.7 Å². The lowest BCUT2D eigenvalue weighted by atomic mass is 10.2. The molecule has 1 amide bonds. The molecule has 1 aromatic carbocycles. The molecular formula is C20H18N4OS2. The van der Waals surface area contributed by atoms with E-state index in [0.717, 1.165) is 17.0 Å². The molecule has 0 aliphatic carbocycles. The molecule has 7 heteroatoms. The monoisotopic (exact) mass is 394 g/mol. The summed E-state index contributed by atoms with van der Waals surface area (Å²) in [6.07, 6.45) is 3.87. The molecule has 1 aliphatic heterocycles. The molecule has 0 saturated carbocycles. The fourth-order valence-electron chi connectivity index (χ4n) is 2.77. The molecule has 4 rings (SSSR count). The van der Waals surface area contributed by atoms with Crippen LogP contribution < -0.4 is 0 Å². The third-order valence-corrected chi connectivity index (χ3v) is 5.96. The normalized spacial score (nSPS) is 17.4. The third kappa shape index (κ3) is 3.61. The van der Waals surface area contributed by atoms with Gasteiger partial charge in [-0.25, -0.2) is 4.98 Å². The maximum atomic E-state index is 12.7. The molecule has 0 atom stereocenters. The Hall–Kier alpha value is -2.64. The number of aryl methyl sites for hydroxylation is 1. The van der Waals surface area contributed by atoms with Gasteiger partial charge < -0.3 is 4.57 Å². The molecule has 0 spiro atoms. The summed E-state index contributed by atoms with van der Waals surface area (Å²) in [4.78, 5) is 24.4. The molecule has 3 heterocycles. The minimum atomic E-state index is -0.0118. The summed E-state index contributed by atoms with van der Waals surface area (Å²) in [6, 6.07) is 14.0. The summed E-state index contributed by atoms with van der Waals surface area (Å²) >= 11 is 2.88. The molecule has 5 nitrogen and oxygen atoms in total. The lowest BCUT2D eigenvalue weighted by molar-refractivity contribution is -0.122. The number of thioether (sulfide) groups is 1. The van der Waals surface area contributed by atoms with Crippen molar-refractivity contribution in [3.8, 4) is 11.3 Å². The van der Waals surface area contributed by atoms with Gasteiger partial charge in [0.25, 0.3) is 5.91 Å². The smallest absolute Gasteiger partial charge is 0.266 e. The van der Waals surface area contributed by atoms with Crippen LogP contribution in [-0.4, -0.2) is 32.1 Å². The molecule has 0 bridgehead atoms. The molecular weight excluding hydrogens is 376 g/mol. The number of benzene rings is 1. The lowest BCUT2D eigenvalue weighted by Gasteiger charge is -2.11. The number of hydrogen-bond donors (Lipinski definition) is 0. The number of likely N-dealkylation sites (N-methyl/N-ethyl adjacent to an activating group) is 1. The summed E-state index contributed by atoms with van der Waals surface area (Å²) in [5.74, 6) is -0.0118. The number of nitrogens with zero attached hydrogens (tertiary/aromatic N) is 4. The van der Waals surface area contributed by atoms with Crippen LogP contribution in [0.2, 0.25) is 0 Å². The van der Waals surface area contributed by atoms with Crippen molar-refractivity contribution in [2.75, 3.05) is 6.54 Å². The van der Waals surface area contributed by atoms with Crippen molar-refractivity contribution in [1.82, 2.24) is 14.5 Å². The fourth-order valence-corrected chi connectivity index (χ4v) is 4.55. The molecule has 1 aliphatic rings. The van der Waals surface area contributed by atoms with Crippen molar-refractivity contribution in [2.45, 2.75) is 6.92 Å².